The number of likely N-dealkylation sites (N-methyl/N-ethyl adjacent to an activating group) is 1. The lowest BCUT2D eigenvalue weighted by molar-refractivity contribution is -0.128. The second kappa shape index (κ2) is 6.16. The van der Waals surface area contributed by atoms with E-state index in [0.717, 1.165) is 14.9 Å². The molecule has 0 unspecified atom stereocenters. The molecular formula is C13H15N3OS2. The minimum atomic E-state index is -0.274. The minimum Gasteiger partial charge on any atom is -0.348 e. The molecule has 1 atom stereocenters. The molecule has 0 N–H and O–H groups in total. The van der Waals surface area contributed by atoms with Crippen LogP contribution < -0.4 is 0 Å². The smallest absolute Gasteiger partial charge is 0.240 e. The topological polar surface area (TPSA) is 46.1 Å². The Hall–Kier alpha value is -1.40. The van der Waals surface area contributed by atoms with Crippen LogP contribution >= 0.6 is 23.1 Å². The normalized spacial score (nSPS) is 12.2. The zero-order chi connectivity index (χ0) is 13.8. The van der Waals surface area contributed by atoms with Gasteiger partial charge in [-0.25, -0.2) is 0 Å². The van der Waals surface area contributed by atoms with Crippen LogP contribution in [0.5, 0.6) is 0 Å². The molecule has 1 heterocycles. The summed E-state index contributed by atoms with van der Waals surface area (Å²) >= 11 is 2.96. The Morgan fingerprint density at radius 1 is 1.26 bits per heavy atom. The van der Waals surface area contributed by atoms with Crippen LogP contribution in [0.3, 0.4) is 0 Å². The highest BCUT2D eigenvalue weighted by Gasteiger charge is 2.24. The van der Waals surface area contributed by atoms with Gasteiger partial charge in [0, 0.05) is 14.1 Å². The van der Waals surface area contributed by atoms with Crippen LogP contribution in [-0.2, 0) is 4.79 Å². The van der Waals surface area contributed by atoms with E-state index < -0.39 is 0 Å². The van der Waals surface area contributed by atoms with Crippen molar-refractivity contribution < 1.29 is 4.79 Å². The fourth-order valence-corrected chi connectivity index (χ4v) is 3.70. The number of thioether (sulfide) groups is 1. The summed E-state index contributed by atoms with van der Waals surface area (Å²) in [5.74, 6) is 0.0593. The molecule has 0 spiro atoms. The number of rotatable bonds is 4. The van der Waals surface area contributed by atoms with Crippen molar-refractivity contribution >= 4 is 29.0 Å². The Kier molecular flexibility index (Phi) is 4.55. The second-order valence-electron chi connectivity index (χ2n) is 4.23. The highest BCUT2D eigenvalue weighted by atomic mass is 32.2. The largest absolute Gasteiger partial charge is 0.348 e. The molecule has 2 rings (SSSR count). The fourth-order valence-electron chi connectivity index (χ4n) is 1.55. The van der Waals surface area contributed by atoms with E-state index in [-0.39, 0.29) is 11.2 Å². The average Bonchev–Trinajstić information content (AvgIpc) is 2.81. The molecule has 1 amide bonds. The van der Waals surface area contributed by atoms with Crippen molar-refractivity contribution in [3.8, 4) is 0 Å². The number of carbonyl (C=O) groups is 1. The number of benzene rings is 1. The van der Waals surface area contributed by atoms with E-state index in [1.54, 1.807) is 19.0 Å². The van der Waals surface area contributed by atoms with Gasteiger partial charge in [-0.2, -0.15) is 0 Å². The van der Waals surface area contributed by atoms with E-state index in [1.165, 1.54) is 23.1 Å². The molecule has 19 heavy (non-hydrogen) atoms. The molecule has 0 aliphatic carbocycles. The Morgan fingerprint density at radius 2 is 1.95 bits per heavy atom. The molecule has 2 aromatic rings. The van der Waals surface area contributed by atoms with Crippen molar-refractivity contribution in [3.05, 3.63) is 40.9 Å². The van der Waals surface area contributed by atoms with Crippen LogP contribution in [-0.4, -0.2) is 35.1 Å². The van der Waals surface area contributed by atoms with Gasteiger partial charge in [-0.1, -0.05) is 53.4 Å². The molecule has 4 nitrogen and oxygen atoms in total. The lowest BCUT2D eigenvalue weighted by Gasteiger charge is -2.19. The number of aryl methyl sites for hydroxylation is 1. The second-order valence-corrected chi connectivity index (χ2v) is 6.76. The summed E-state index contributed by atoms with van der Waals surface area (Å²) < 4.78 is 0.821. The zero-order valence-corrected chi connectivity index (χ0v) is 12.7. The molecule has 0 aliphatic rings. The van der Waals surface area contributed by atoms with E-state index in [9.17, 15) is 4.79 Å². The maximum absolute atomic E-state index is 12.3. The number of hydrogen-bond donors (Lipinski definition) is 0. The number of nitrogens with zero attached hydrogens (tertiary/aromatic N) is 3. The quantitative estimate of drug-likeness (QED) is 0.813. The standard InChI is InChI=1S/C13H15N3OS2/c1-9-14-15-13(18-9)19-11(12(17)16(2)3)10-7-5-4-6-8-10/h4-8,11H,1-3H3/t11-/m0/s1. The SMILES string of the molecule is Cc1nnc(S[C@H](C(=O)N(C)C)c2ccccc2)s1. The van der Waals surface area contributed by atoms with Crippen LogP contribution in [0.2, 0.25) is 0 Å². The number of aromatic nitrogens is 2. The van der Waals surface area contributed by atoms with E-state index in [4.69, 9.17) is 0 Å². The summed E-state index contributed by atoms with van der Waals surface area (Å²) in [4.78, 5) is 13.9. The fraction of sp³-hybridized carbons (Fsp3) is 0.308. The molecule has 0 bridgehead atoms. The summed E-state index contributed by atoms with van der Waals surface area (Å²) in [7, 11) is 3.54. The summed E-state index contributed by atoms with van der Waals surface area (Å²) in [5, 5.41) is 8.71. The molecule has 1 aromatic carbocycles. The maximum atomic E-state index is 12.3. The van der Waals surface area contributed by atoms with Gasteiger partial charge in [0.2, 0.25) is 5.91 Å². The van der Waals surface area contributed by atoms with E-state index >= 15 is 0 Å². The lowest BCUT2D eigenvalue weighted by atomic mass is 10.1. The van der Waals surface area contributed by atoms with Gasteiger partial charge in [-0.3, -0.25) is 4.79 Å². The van der Waals surface area contributed by atoms with Crippen molar-refractivity contribution in [1.29, 1.82) is 0 Å². The Labute approximate surface area is 120 Å². The van der Waals surface area contributed by atoms with Crippen LogP contribution in [0.1, 0.15) is 15.8 Å². The molecular weight excluding hydrogens is 278 g/mol. The van der Waals surface area contributed by atoms with Crippen LogP contribution in [0.15, 0.2) is 34.7 Å². The molecule has 0 fully saturated rings. The lowest BCUT2D eigenvalue weighted by Crippen LogP contribution is -2.26. The first-order chi connectivity index (χ1) is 9.08. The van der Waals surface area contributed by atoms with Gasteiger partial charge in [0.25, 0.3) is 0 Å². The van der Waals surface area contributed by atoms with Crippen molar-refractivity contribution in [1.82, 2.24) is 15.1 Å². The predicted octanol–water partition coefficient (Wildman–Crippen LogP) is 2.77. The predicted molar refractivity (Wildman–Crippen MR) is 78.4 cm³/mol. The van der Waals surface area contributed by atoms with Crippen molar-refractivity contribution in [2.45, 2.75) is 16.5 Å². The Morgan fingerprint density at radius 3 is 2.47 bits per heavy atom. The van der Waals surface area contributed by atoms with Crippen molar-refractivity contribution in [2.75, 3.05) is 14.1 Å². The van der Waals surface area contributed by atoms with E-state index in [0.29, 0.717) is 0 Å². The third kappa shape index (κ3) is 3.54. The van der Waals surface area contributed by atoms with Crippen LogP contribution in [0.25, 0.3) is 0 Å². The van der Waals surface area contributed by atoms with Crippen LogP contribution in [0.4, 0.5) is 0 Å². The first-order valence-electron chi connectivity index (χ1n) is 5.81. The number of hydrogen-bond acceptors (Lipinski definition) is 5. The van der Waals surface area contributed by atoms with Crippen molar-refractivity contribution in [2.24, 2.45) is 0 Å². The molecule has 0 saturated heterocycles. The maximum Gasteiger partial charge on any atom is 0.240 e. The molecule has 100 valence electrons. The van der Waals surface area contributed by atoms with E-state index in [2.05, 4.69) is 10.2 Å². The summed E-state index contributed by atoms with van der Waals surface area (Å²) in [6, 6.07) is 9.76. The first-order valence-corrected chi connectivity index (χ1v) is 7.50. The highest BCUT2D eigenvalue weighted by Crippen LogP contribution is 2.37. The first kappa shape index (κ1) is 14.0. The molecule has 0 radical (unpaired) electrons. The van der Waals surface area contributed by atoms with Gasteiger partial charge in [0.05, 0.1) is 0 Å². The summed E-state index contributed by atoms with van der Waals surface area (Å²) in [6.45, 7) is 1.91. The van der Waals surface area contributed by atoms with E-state index in [1.807, 2.05) is 37.3 Å². The monoisotopic (exact) mass is 293 g/mol. The van der Waals surface area contributed by atoms with Gasteiger partial charge in [0.1, 0.15) is 10.3 Å². The summed E-state index contributed by atoms with van der Waals surface area (Å²) in [5.41, 5.74) is 0.985. The molecule has 1 aromatic heterocycles. The Bertz CT molecular complexity index is 554. The molecule has 0 saturated carbocycles. The van der Waals surface area contributed by atoms with Crippen molar-refractivity contribution in [3.63, 3.8) is 0 Å². The average molecular weight is 293 g/mol. The Balaban J connectivity index is 2.27. The minimum absolute atomic E-state index is 0.0593. The van der Waals surface area contributed by atoms with Gasteiger partial charge >= 0.3 is 0 Å². The van der Waals surface area contributed by atoms with Crippen LogP contribution in [0, 0.1) is 6.92 Å². The van der Waals surface area contributed by atoms with Gasteiger partial charge in [0.15, 0.2) is 4.34 Å². The third-order valence-electron chi connectivity index (χ3n) is 2.49. The van der Waals surface area contributed by atoms with Gasteiger partial charge < -0.3 is 4.90 Å². The molecule has 0 aliphatic heterocycles. The third-order valence-corrected chi connectivity index (χ3v) is 4.66. The van der Waals surface area contributed by atoms with Gasteiger partial charge in [-0.15, -0.1) is 10.2 Å². The molecule has 6 heteroatoms. The number of carbonyl (C=O) groups excluding carboxylic acids is 1. The summed E-state index contributed by atoms with van der Waals surface area (Å²) in [6.07, 6.45) is 0. The number of amides is 1. The zero-order valence-electron chi connectivity index (χ0n) is 11.0. The van der Waals surface area contributed by atoms with Gasteiger partial charge in [-0.05, 0) is 12.5 Å². The highest BCUT2D eigenvalue weighted by molar-refractivity contribution is 8.01.